The highest BCUT2D eigenvalue weighted by atomic mass is 16.5. The minimum absolute atomic E-state index is 0.0159. The summed E-state index contributed by atoms with van der Waals surface area (Å²) in [5.41, 5.74) is 2.22. The first kappa shape index (κ1) is 19.9. The fourth-order valence-electron chi connectivity index (χ4n) is 3.19. The maximum absolute atomic E-state index is 13.0. The van der Waals surface area contributed by atoms with Crippen LogP contribution in [0.4, 0.5) is 0 Å². The molecule has 2 amide bonds. The van der Waals surface area contributed by atoms with E-state index in [0.717, 1.165) is 11.3 Å². The number of amides is 2. The van der Waals surface area contributed by atoms with Gasteiger partial charge in [0.2, 0.25) is 5.91 Å². The second-order valence-corrected chi connectivity index (χ2v) is 6.83. The Kier molecular flexibility index (Phi) is 6.30. The average Bonchev–Trinajstić information content (AvgIpc) is 3.04. The monoisotopic (exact) mass is 386 g/mol. The number of para-hydroxylation sites is 1. The molecule has 1 N–H and O–H groups in total. The summed E-state index contributed by atoms with van der Waals surface area (Å²) in [6.45, 7) is 6.85. The van der Waals surface area contributed by atoms with Crippen LogP contribution in [0.5, 0.6) is 5.75 Å². The Morgan fingerprint density at radius 1 is 1.18 bits per heavy atom. The van der Waals surface area contributed by atoms with Crippen molar-refractivity contribution in [3.05, 3.63) is 46.8 Å². The molecule has 1 saturated heterocycles. The van der Waals surface area contributed by atoms with Gasteiger partial charge in [-0.2, -0.15) is 0 Å². The molecule has 8 nitrogen and oxygen atoms in total. The van der Waals surface area contributed by atoms with Crippen LogP contribution in [0.1, 0.15) is 27.4 Å². The van der Waals surface area contributed by atoms with E-state index in [9.17, 15) is 9.59 Å². The van der Waals surface area contributed by atoms with Gasteiger partial charge in [0, 0.05) is 33.2 Å². The number of ether oxygens (including phenoxy) is 1. The van der Waals surface area contributed by atoms with Crippen LogP contribution in [-0.2, 0) is 11.4 Å². The van der Waals surface area contributed by atoms with Crippen molar-refractivity contribution in [2.24, 2.45) is 0 Å². The van der Waals surface area contributed by atoms with Crippen molar-refractivity contribution in [2.45, 2.75) is 20.5 Å². The zero-order valence-electron chi connectivity index (χ0n) is 16.5. The summed E-state index contributed by atoms with van der Waals surface area (Å²) in [5.74, 6) is 1.18. The number of likely N-dealkylation sites (N-methyl/N-ethyl adjacent to an activating group) is 1. The highest BCUT2D eigenvalue weighted by molar-refractivity contribution is 5.97. The molecule has 0 saturated carbocycles. The summed E-state index contributed by atoms with van der Waals surface area (Å²) in [4.78, 5) is 28.4. The van der Waals surface area contributed by atoms with Crippen LogP contribution in [0.2, 0.25) is 0 Å². The van der Waals surface area contributed by atoms with Crippen LogP contribution in [0.15, 0.2) is 28.8 Å². The van der Waals surface area contributed by atoms with Crippen LogP contribution in [0.25, 0.3) is 0 Å². The predicted molar refractivity (Wildman–Crippen MR) is 103 cm³/mol. The molecule has 2 aromatic rings. The molecular formula is C20H26N4O4. The summed E-state index contributed by atoms with van der Waals surface area (Å²) in [5, 5.41) is 6.55. The Morgan fingerprint density at radius 3 is 2.54 bits per heavy atom. The number of hydrogen-bond acceptors (Lipinski definition) is 6. The second-order valence-electron chi connectivity index (χ2n) is 6.83. The Morgan fingerprint density at radius 2 is 1.89 bits per heavy atom. The number of benzene rings is 1. The third-order valence-corrected chi connectivity index (χ3v) is 4.98. The first-order valence-corrected chi connectivity index (χ1v) is 9.35. The number of aryl methyl sites for hydroxylation is 2. The van der Waals surface area contributed by atoms with Crippen molar-refractivity contribution < 1.29 is 18.8 Å². The van der Waals surface area contributed by atoms with Crippen LogP contribution >= 0.6 is 0 Å². The molecule has 150 valence electrons. The van der Waals surface area contributed by atoms with Gasteiger partial charge < -0.3 is 19.5 Å². The number of hydrogen-bond donors (Lipinski definition) is 1. The molecule has 0 radical (unpaired) electrons. The van der Waals surface area contributed by atoms with E-state index in [2.05, 4.69) is 10.5 Å². The molecule has 0 unspecified atom stereocenters. The lowest BCUT2D eigenvalue weighted by molar-refractivity contribution is -0.122. The maximum Gasteiger partial charge on any atom is 0.257 e. The molecule has 28 heavy (non-hydrogen) atoms. The number of rotatable bonds is 6. The van der Waals surface area contributed by atoms with E-state index in [4.69, 9.17) is 9.26 Å². The summed E-state index contributed by atoms with van der Waals surface area (Å²) >= 11 is 0. The number of nitrogens with one attached hydrogen (secondary N) is 1. The lowest BCUT2D eigenvalue weighted by Crippen LogP contribution is -2.50. The second kappa shape index (κ2) is 8.88. The smallest absolute Gasteiger partial charge is 0.257 e. The molecule has 3 rings (SSSR count). The van der Waals surface area contributed by atoms with Gasteiger partial charge in [-0.1, -0.05) is 17.3 Å². The summed E-state index contributed by atoms with van der Waals surface area (Å²) in [6.07, 6.45) is 0. The van der Waals surface area contributed by atoms with Gasteiger partial charge >= 0.3 is 0 Å². The van der Waals surface area contributed by atoms with E-state index in [1.165, 1.54) is 0 Å². The van der Waals surface area contributed by atoms with Gasteiger partial charge in [-0.25, -0.2) is 0 Å². The number of nitrogens with zero attached hydrogens (tertiary/aromatic N) is 3. The number of piperazine rings is 1. The Bertz CT molecular complexity index is 821. The molecule has 1 aromatic heterocycles. The first-order valence-electron chi connectivity index (χ1n) is 9.35. The fraction of sp³-hybridized carbons (Fsp3) is 0.450. The van der Waals surface area contributed by atoms with Crippen LogP contribution in [-0.4, -0.2) is 66.5 Å². The molecule has 0 atom stereocenters. The molecule has 2 heterocycles. The van der Waals surface area contributed by atoms with Gasteiger partial charge in [-0.15, -0.1) is 0 Å². The molecular weight excluding hydrogens is 360 g/mol. The third-order valence-electron chi connectivity index (χ3n) is 4.98. The van der Waals surface area contributed by atoms with Crippen LogP contribution < -0.4 is 10.1 Å². The van der Waals surface area contributed by atoms with Gasteiger partial charge in [0.1, 0.15) is 18.1 Å². The zero-order valence-corrected chi connectivity index (χ0v) is 16.5. The SMILES string of the molecule is CNC(=O)CN1CCN(C(=O)c2ccccc2OCc2c(C)noc2C)CC1. The molecule has 0 spiro atoms. The van der Waals surface area contributed by atoms with Crippen LogP contribution in [0.3, 0.4) is 0 Å². The van der Waals surface area contributed by atoms with Gasteiger partial charge in [0.15, 0.2) is 0 Å². The van der Waals surface area contributed by atoms with Gasteiger partial charge in [-0.05, 0) is 26.0 Å². The normalized spacial score (nSPS) is 14.8. The van der Waals surface area contributed by atoms with E-state index >= 15 is 0 Å². The zero-order chi connectivity index (χ0) is 20.1. The lowest BCUT2D eigenvalue weighted by Gasteiger charge is -2.34. The largest absolute Gasteiger partial charge is 0.488 e. The number of aromatic nitrogens is 1. The maximum atomic E-state index is 13.0. The minimum atomic E-state index is -0.0612. The summed E-state index contributed by atoms with van der Waals surface area (Å²) < 4.78 is 11.1. The van der Waals surface area contributed by atoms with Gasteiger partial charge in [0.05, 0.1) is 23.4 Å². The molecule has 0 bridgehead atoms. The van der Waals surface area contributed by atoms with Crippen molar-refractivity contribution in [1.29, 1.82) is 0 Å². The Balaban J connectivity index is 1.64. The standard InChI is InChI=1S/C20H26N4O4/c1-14-17(15(2)28-22-14)13-27-18-7-5-4-6-16(18)20(26)24-10-8-23(9-11-24)12-19(25)21-3/h4-7H,8-13H2,1-3H3,(H,21,25). The Labute approximate surface area is 164 Å². The lowest BCUT2D eigenvalue weighted by atomic mass is 10.1. The van der Waals surface area contributed by atoms with Gasteiger partial charge in [-0.3, -0.25) is 14.5 Å². The number of carbonyl (C=O) groups is 2. The highest BCUT2D eigenvalue weighted by Crippen LogP contribution is 2.23. The predicted octanol–water partition coefficient (Wildman–Crippen LogP) is 1.37. The van der Waals surface area contributed by atoms with Gasteiger partial charge in [0.25, 0.3) is 5.91 Å². The van der Waals surface area contributed by atoms with E-state index in [0.29, 0.717) is 56.4 Å². The molecule has 1 aliphatic rings. The highest BCUT2D eigenvalue weighted by Gasteiger charge is 2.25. The van der Waals surface area contributed by atoms with E-state index < -0.39 is 0 Å². The van der Waals surface area contributed by atoms with Crippen molar-refractivity contribution in [2.75, 3.05) is 39.8 Å². The molecule has 1 aliphatic heterocycles. The topological polar surface area (TPSA) is 87.9 Å². The third kappa shape index (κ3) is 4.51. The fourth-order valence-corrected chi connectivity index (χ4v) is 3.19. The first-order chi connectivity index (χ1) is 13.5. The quantitative estimate of drug-likeness (QED) is 0.807. The van der Waals surface area contributed by atoms with Crippen molar-refractivity contribution in [1.82, 2.24) is 20.3 Å². The molecule has 0 aliphatic carbocycles. The molecule has 1 fully saturated rings. The minimum Gasteiger partial charge on any atom is -0.488 e. The van der Waals surface area contributed by atoms with Crippen LogP contribution in [0, 0.1) is 13.8 Å². The number of carbonyl (C=O) groups excluding carboxylic acids is 2. The van der Waals surface area contributed by atoms with Crippen molar-refractivity contribution >= 4 is 11.8 Å². The van der Waals surface area contributed by atoms with Crippen molar-refractivity contribution in [3.8, 4) is 5.75 Å². The molecule has 8 heteroatoms. The average molecular weight is 386 g/mol. The molecule has 1 aromatic carbocycles. The van der Waals surface area contributed by atoms with E-state index in [1.54, 1.807) is 24.1 Å². The van der Waals surface area contributed by atoms with E-state index in [1.807, 2.05) is 30.9 Å². The van der Waals surface area contributed by atoms with E-state index in [-0.39, 0.29) is 11.8 Å². The summed E-state index contributed by atoms with van der Waals surface area (Å²) in [7, 11) is 1.63. The Hall–Kier alpha value is -2.87. The van der Waals surface area contributed by atoms with Crippen molar-refractivity contribution in [3.63, 3.8) is 0 Å². The summed E-state index contributed by atoms with van der Waals surface area (Å²) in [6, 6.07) is 7.26.